The molecule has 4 aromatic rings. The number of rotatable bonds is 5. The molecule has 7 heteroatoms. The average molecular weight is 463 g/mol. The molecule has 0 aliphatic carbocycles. The minimum absolute atomic E-state index is 0.0846. The summed E-state index contributed by atoms with van der Waals surface area (Å²) in [7, 11) is 1.62. The third-order valence-electron chi connectivity index (χ3n) is 4.52. The lowest BCUT2D eigenvalue weighted by molar-refractivity contribution is 0.101. The van der Waals surface area contributed by atoms with Crippen molar-refractivity contribution >= 4 is 27.5 Å². The van der Waals surface area contributed by atoms with E-state index in [0.29, 0.717) is 11.5 Å². The number of aryl methyl sites for hydroxylation is 1. The van der Waals surface area contributed by atoms with Crippen molar-refractivity contribution in [3.63, 3.8) is 0 Å². The molecule has 0 spiro atoms. The maximum absolute atomic E-state index is 12.8. The number of methoxy groups -OCH3 is 1. The summed E-state index contributed by atoms with van der Waals surface area (Å²) in [6.45, 7) is 2.02. The molecular formula is C23H19BrN4O2. The van der Waals surface area contributed by atoms with Crippen molar-refractivity contribution in [2.75, 3.05) is 12.4 Å². The quantitative estimate of drug-likeness (QED) is 0.438. The van der Waals surface area contributed by atoms with Crippen LogP contribution in [0.25, 0.3) is 17.1 Å². The molecule has 0 atom stereocenters. The monoisotopic (exact) mass is 462 g/mol. The lowest BCUT2D eigenvalue weighted by atomic mass is 10.1. The van der Waals surface area contributed by atoms with Crippen LogP contribution in [0.4, 0.5) is 5.69 Å². The average Bonchev–Trinajstić information content (AvgIpc) is 3.20. The Morgan fingerprint density at radius 2 is 1.77 bits per heavy atom. The van der Waals surface area contributed by atoms with Crippen molar-refractivity contribution in [3.8, 4) is 22.8 Å². The Labute approximate surface area is 182 Å². The van der Waals surface area contributed by atoms with E-state index in [-0.39, 0.29) is 11.7 Å². The SMILES string of the molecule is COc1ccc(-n2nc(C(=O)Nc3cccc(Br)c3)nc2-c2ccc(C)cc2)cc1. The summed E-state index contributed by atoms with van der Waals surface area (Å²) >= 11 is 3.41. The van der Waals surface area contributed by atoms with Gasteiger partial charge in [-0.25, -0.2) is 9.67 Å². The lowest BCUT2D eigenvalue weighted by Crippen LogP contribution is -2.14. The fraction of sp³-hybridized carbons (Fsp3) is 0.0870. The van der Waals surface area contributed by atoms with Gasteiger partial charge in [-0.15, -0.1) is 5.10 Å². The number of halogens is 1. The van der Waals surface area contributed by atoms with Crippen molar-refractivity contribution in [1.82, 2.24) is 14.8 Å². The number of carbonyl (C=O) groups is 1. The first-order chi connectivity index (χ1) is 14.5. The van der Waals surface area contributed by atoms with Gasteiger partial charge in [-0.2, -0.15) is 0 Å². The number of amides is 1. The van der Waals surface area contributed by atoms with Crippen molar-refractivity contribution in [1.29, 1.82) is 0 Å². The molecule has 0 aliphatic rings. The predicted molar refractivity (Wildman–Crippen MR) is 120 cm³/mol. The van der Waals surface area contributed by atoms with Crippen molar-refractivity contribution in [2.24, 2.45) is 0 Å². The van der Waals surface area contributed by atoms with E-state index in [0.717, 1.165) is 27.0 Å². The lowest BCUT2D eigenvalue weighted by Gasteiger charge is -2.07. The molecule has 1 aromatic heterocycles. The first kappa shape index (κ1) is 19.8. The molecule has 1 heterocycles. The van der Waals surface area contributed by atoms with Crippen LogP contribution in [0, 0.1) is 6.92 Å². The van der Waals surface area contributed by atoms with E-state index in [1.807, 2.05) is 79.7 Å². The Balaban J connectivity index is 1.74. The van der Waals surface area contributed by atoms with E-state index in [2.05, 4.69) is 31.3 Å². The van der Waals surface area contributed by atoms with Crippen LogP contribution >= 0.6 is 15.9 Å². The van der Waals surface area contributed by atoms with Crippen LogP contribution < -0.4 is 10.1 Å². The summed E-state index contributed by atoms with van der Waals surface area (Å²) < 4.78 is 7.78. The third-order valence-corrected chi connectivity index (χ3v) is 5.01. The van der Waals surface area contributed by atoms with Crippen molar-refractivity contribution in [2.45, 2.75) is 6.92 Å². The fourth-order valence-corrected chi connectivity index (χ4v) is 3.35. The number of hydrogen-bond donors (Lipinski definition) is 1. The fourth-order valence-electron chi connectivity index (χ4n) is 2.95. The Bertz CT molecular complexity index is 1180. The number of anilines is 1. The zero-order chi connectivity index (χ0) is 21.1. The Morgan fingerprint density at radius 3 is 2.43 bits per heavy atom. The highest BCUT2D eigenvalue weighted by atomic mass is 79.9. The summed E-state index contributed by atoms with van der Waals surface area (Å²) in [6, 6.07) is 22.8. The van der Waals surface area contributed by atoms with Crippen molar-refractivity contribution in [3.05, 3.63) is 88.7 Å². The maximum atomic E-state index is 12.8. The first-order valence-electron chi connectivity index (χ1n) is 9.29. The van der Waals surface area contributed by atoms with Gasteiger partial charge in [-0.05, 0) is 49.4 Å². The van der Waals surface area contributed by atoms with Crippen LogP contribution in [-0.2, 0) is 0 Å². The number of nitrogens with one attached hydrogen (secondary N) is 1. The van der Waals surface area contributed by atoms with Crippen LogP contribution in [0.15, 0.2) is 77.3 Å². The minimum atomic E-state index is -0.381. The first-order valence-corrected chi connectivity index (χ1v) is 10.1. The molecule has 30 heavy (non-hydrogen) atoms. The number of ether oxygens (including phenoxy) is 1. The van der Waals surface area contributed by atoms with Gasteiger partial charge in [0.05, 0.1) is 12.8 Å². The van der Waals surface area contributed by atoms with Gasteiger partial charge in [0.2, 0.25) is 5.82 Å². The molecule has 1 N–H and O–H groups in total. The molecule has 0 unspecified atom stereocenters. The normalized spacial score (nSPS) is 10.6. The molecular weight excluding hydrogens is 444 g/mol. The van der Waals surface area contributed by atoms with E-state index in [1.165, 1.54) is 0 Å². The molecule has 0 bridgehead atoms. The summed E-state index contributed by atoms with van der Waals surface area (Å²) in [5, 5.41) is 7.34. The van der Waals surface area contributed by atoms with Crippen molar-refractivity contribution < 1.29 is 9.53 Å². The van der Waals surface area contributed by atoms with Gasteiger partial charge in [-0.3, -0.25) is 4.79 Å². The highest BCUT2D eigenvalue weighted by Gasteiger charge is 2.19. The molecule has 0 saturated carbocycles. The smallest absolute Gasteiger partial charge is 0.295 e. The molecule has 0 aliphatic heterocycles. The number of aromatic nitrogens is 3. The van der Waals surface area contributed by atoms with Crippen LogP contribution in [0.1, 0.15) is 16.2 Å². The number of hydrogen-bond acceptors (Lipinski definition) is 4. The molecule has 4 rings (SSSR count). The Hall–Kier alpha value is -3.45. The highest BCUT2D eigenvalue weighted by Crippen LogP contribution is 2.24. The second-order valence-corrected chi connectivity index (χ2v) is 7.62. The van der Waals surface area contributed by atoms with Crippen LogP contribution in [0.3, 0.4) is 0 Å². The van der Waals surface area contributed by atoms with E-state index >= 15 is 0 Å². The van der Waals surface area contributed by atoms with Gasteiger partial charge in [0.15, 0.2) is 5.82 Å². The summed E-state index contributed by atoms with van der Waals surface area (Å²) in [5.41, 5.74) is 3.44. The summed E-state index contributed by atoms with van der Waals surface area (Å²) in [5.74, 6) is 1.03. The largest absolute Gasteiger partial charge is 0.497 e. The van der Waals surface area contributed by atoms with Gasteiger partial charge >= 0.3 is 0 Å². The second-order valence-electron chi connectivity index (χ2n) is 6.70. The predicted octanol–water partition coefficient (Wildman–Crippen LogP) is 5.27. The topological polar surface area (TPSA) is 69.0 Å². The van der Waals surface area contributed by atoms with E-state index in [4.69, 9.17) is 4.74 Å². The van der Waals surface area contributed by atoms with Crippen LogP contribution in [0.5, 0.6) is 5.75 Å². The van der Waals surface area contributed by atoms with Gasteiger partial charge in [0, 0.05) is 15.7 Å². The molecule has 1 amide bonds. The minimum Gasteiger partial charge on any atom is -0.497 e. The Morgan fingerprint density at radius 1 is 1.03 bits per heavy atom. The van der Waals surface area contributed by atoms with Gasteiger partial charge in [0.1, 0.15) is 5.75 Å². The highest BCUT2D eigenvalue weighted by molar-refractivity contribution is 9.10. The molecule has 0 saturated heterocycles. The number of carbonyl (C=O) groups excluding carboxylic acids is 1. The standard InChI is InChI=1S/C23H19BrN4O2/c1-15-6-8-16(9-7-15)22-26-21(23(29)25-18-5-3-4-17(24)14-18)27-28(22)19-10-12-20(30-2)13-11-19/h3-14H,1-2H3,(H,25,29). The maximum Gasteiger partial charge on any atom is 0.295 e. The third kappa shape index (κ3) is 4.26. The van der Waals surface area contributed by atoms with Crippen LogP contribution in [0.2, 0.25) is 0 Å². The zero-order valence-electron chi connectivity index (χ0n) is 16.5. The molecule has 3 aromatic carbocycles. The summed E-state index contributed by atoms with van der Waals surface area (Å²) in [4.78, 5) is 17.4. The van der Waals surface area contributed by atoms with Gasteiger partial charge < -0.3 is 10.1 Å². The van der Waals surface area contributed by atoms with E-state index in [9.17, 15) is 4.79 Å². The van der Waals surface area contributed by atoms with E-state index in [1.54, 1.807) is 11.8 Å². The molecule has 0 radical (unpaired) electrons. The molecule has 0 fully saturated rings. The number of nitrogens with zero attached hydrogens (tertiary/aromatic N) is 3. The number of benzene rings is 3. The Kier molecular flexibility index (Phi) is 5.63. The van der Waals surface area contributed by atoms with Crippen LogP contribution in [-0.4, -0.2) is 27.8 Å². The molecule has 150 valence electrons. The second kappa shape index (κ2) is 8.51. The summed E-state index contributed by atoms with van der Waals surface area (Å²) in [6.07, 6.45) is 0. The van der Waals surface area contributed by atoms with E-state index < -0.39 is 0 Å². The zero-order valence-corrected chi connectivity index (χ0v) is 18.1. The molecule has 6 nitrogen and oxygen atoms in total. The van der Waals surface area contributed by atoms with Gasteiger partial charge in [0.25, 0.3) is 5.91 Å². The van der Waals surface area contributed by atoms with Gasteiger partial charge in [-0.1, -0.05) is 51.8 Å².